The van der Waals surface area contributed by atoms with Crippen LogP contribution in [0.4, 0.5) is 5.69 Å². The molecule has 0 radical (unpaired) electrons. The molecule has 1 atom stereocenters. The molecule has 3 aromatic carbocycles. The number of rotatable bonds is 8. The van der Waals surface area contributed by atoms with Gasteiger partial charge in [0.1, 0.15) is 11.8 Å². The number of benzene rings is 3. The van der Waals surface area contributed by atoms with Crippen molar-refractivity contribution in [2.75, 3.05) is 31.6 Å². The van der Waals surface area contributed by atoms with Gasteiger partial charge in [0.2, 0.25) is 26.0 Å². The Morgan fingerprint density at radius 2 is 1.39 bits per heavy atom. The molecule has 9 nitrogen and oxygen atoms in total. The Morgan fingerprint density at radius 1 is 0.833 bits per heavy atom. The molecule has 0 bridgehead atoms. The summed E-state index contributed by atoms with van der Waals surface area (Å²) in [5, 5.41) is 2.74. The third kappa shape index (κ3) is 5.29. The third-order valence-electron chi connectivity index (χ3n) is 5.77. The van der Waals surface area contributed by atoms with Crippen LogP contribution < -0.4 is 10.1 Å². The van der Waals surface area contributed by atoms with Crippen LogP contribution in [0.2, 0.25) is 0 Å². The molecule has 4 rings (SSSR count). The van der Waals surface area contributed by atoms with Crippen LogP contribution in [0.15, 0.2) is 94.7 Å². The van der Waals surface area contributed by atoms with E-state index in [2.05, 4.69) is 5.32 Å². The molecule has 36 heavy (non-hydrogen) atoms. The first-order valence-corrected chi connectivity index (χ1v) is 14.3. The van der Waals surface area contributed by atoms with Gasteiger partial charge in [-0.1, -0.05) is 48.5 Å². The van der Waals surface area contributed by atoms with Gasteiger partial charge < -0.3 is 10.1 Å². The molecule has 0 aliphatic carbocycles. The van der Waals surface area contributed by atoms with Gasteiger partial charge >= 0.3 is 0 Å². The quantitative estimate of drug-likeness (QED) is 0.480. The summed E-state index contributed by atoms with van der Waals surface area (Å²) in [7, 11) is -8.03. The number of ether oxygens (including phenoxy) is 1. The van der Waals surface area contributed by atoms with Gasteiger partial charge in [-0.25, -0.2) is 16.8 Å². The lowest BCUT2D eigenvalue weighted by molar-refractivity contribution is -0.120. The molecule has 1 saturated heterocycles. The summed E-state index contributed by atoms with van der Waals surface area (Å²) in [6.45, 7) is 1.55. The highest BCUT2D eigenvalue weighted by molar-refractivity contribution is 7.89. The van der Waals surface area contributed by atoms with Gasteiger partial charge in [-0.2, -0.15) is 8.61 Å². The molecule has 1 heterocycles. The number of nitrogens with zero attached hydrogens (tertiary/aromatic N) is 2. The minimum Gasteiger partial charge on any atom is -0.492 e. The molecule has 0 aromatic heterocycles. The first-order valence-electron chi connectivity index (χ1n) is 11.4. The summed E-state index contributed by atoms with van der Waals surface area (Å²) < 4.78 is 61.4. The molecule has 1 amide bonds. The van der Waals surface area contributed by atoms with Crippen LogP contribution in [0.25, 0.3) is 0 Å². The standard InChI is InChI=1S/C25H27N3O6S2/c1-2-34-24-16-10-9-15-22(24)26-25(29)23-19-27(35(30,31)20-11-5-3-6-12-20)17-18-28(23)36(32,33)21-13-7-4-8-14-21/h3-16,23H,2,17-19H2,1H3,(H,26,29)/t23-/m0/s1. The second-order valence-electron chi connectivity index (χ2n) is 8.04. The van der Waals surface area contributed by atoms with Crippen LogP contribution in [0, 0.1) is 0 Å². The Kier molecular flexibility index (Phi) is 7.74. The molecule has 190 valence electrons. The highest BCUT2D eigenvalue weighted by atomic mass is 32.2. The van der Waals surface area contributed by atoms with Gasteiger partial charge in [0.05, 0.1) is 22.1 Å². The smallest absolute Gasteiger partial charge is 0.244 e. The maximum absolute atomic E-state index is 13.5. The number of sulfonamides is 2. The average Bonchev–Trinajstić information content (AvgIpc) is 2.90. The molecule has 0 saturated carbocycles. The van der Waals surface area contributed by atoms with E-state index in [0.29, 0.717) is 18.0 Å². The zero-order chi connectivity index (χ0) is 25.8. The Morgan fingerprint density at radius 3 is 2.00 bits per heavy atom. The van der Waals surface area contributed by atoms with Crippen molar-refractivity contribution in [3.63, 3.8) is 0 Å². The van der Waals surface area contributed by atoms with Crippen molar-refractivity contribution in [1.82, 2.24) is 8.61 Å². The van der Waals surface area contributed by atoms with Crippen LogP contribution in [0.5, 0.6) is 5.75 Å². The molecule has 11 heteroatoms. The second kappa shape index (κ2) is 10.8. The summed E-state index contributed by atoms with van der Waals surface area (Å²) in [5.74, 6) is -0.231. The van der Waals surface area contributed by atoms with E-state index in [1.54, 1.807) is 67.6 Å². The molecule has 1 N–H and O–H groups in total. The fourth-order valence-electron chi connectivity index (χ4n) is 4.00. The highest BCUT2D eigenvalue weighted by Crippen LogP contribution is 2.28. The minimum atomic E-state index is -4.08. The predicted molar refractivity (Wildman–Crippen MR) is 136 cm³/mol. The number of anilines is 1. The summed E-state index contributed by atoms with van der Waals surface area (Å²) in [4.78, 5) is 13.6. The van der Waals surface area contributed by atoms with Crippen molar-refractivity contribution in [3.05, 3.63) is 84.9 Å². The molecule has 0 spiro atoms. The number of piperazine rings is 1. The van der Waals surface area contributed by atoms with Crippen LogP contribution in [0.1, 0.15) is 6.92 Å². The number of para-hydroxylation sites is 2. The van der Waals surface area contributed by atoms with Gasteiger partial charge in [-0.15, -0.1) is 0 Å². The normalized spacial score (nSPS) is 17.4. The van der Waals surface area contributed by atoms with Gasteiger partial charge in [-0.3, -0.25) is 4.79 Å². The van der Waals surface area contributed by atoms with Crippen molar-refractivity contribution in [2.45, 2.75) is 22.8 Å². The van der Waals surface area contributed by atoms with Crippen molar-refractivity contribution >= 4 is 31.6 Å². The second-order valence-corrected chi connectivity index (χ2v) is 11.9. The Hall–Kier alpha value is -3.25. The number of carbonyl (C=O) groups is 1. The van der Waals surface area contributed by atoms with Gasteiger partial charge in [0.25, 0.3) is 0 Å². The first-order chi connectivity index (χ1) is 17.2. The molecule has 3 aromatic rings. The summed E-state index contributed by atoms with van der Waals surface area (Å²) in [5.41, 5.74) is 0.365. The fraction of sp³-hybridized carbons (Fsp3) is 0.240. The molecule has 1 aliphatic rings. The number of nitrogens with one attached hydrogen (secondary N) is 1. The number of hydrogen-bond donors (Lipinski definition) is 1. The van der Waals surface area contributed by atoms with Crippen molar-refractivity contribution in [2.24, 2.45) is 0 Å². The third-order valence-corrected chi connectivity index (χ3v) is 9.57. The monoisotopic (exact) mass is 529 g/mol. The highest BCUT2D eigenvalue weighted by Gasteiger charge is 2.43. The van der Waals surface area contributed by atoms with E-state index in [1.807, 2.05) is 0 Å². The van der Waals surface area contributed by atoms with E-state index in [0.717, 1.165) is 8.61 Å². The van der Waals surface area contributed by atoms with E-state index in [1.165, 1.54) is 24.3 Å². The van der Waals surface area contributed by atoms with Gasteiger partial charge in [-0.05, 0) is 43.3 Å². The molecule has 1 aliphatic heterocycles. The Bertz CT molecular complexity index is 1410. The largest absolute Gasteiger partial charge is 0.492 e. The van der Waals surface area contributed by atoms with E-state index >= 15 is 0 Å². The van der Waals surface area contributed by atoms with E-state index in [4.69, 9.17) is 4.74 Å². The first kappa shape index (κ1) is 25.8. The van der Waals surface area contributed by atoms with Gasteiger partial charge in [0, 0.05) is 19.6 Å². The van der Waals surface area contributed by atoms with Crippen molar-refractivity contribution < 1.29 is 26.4 Å². The van der Waals surface area contributed by atoms with Crippen molar-refractivity contribution in [3.8, 4) is 5.75 Å². The van der Waals surface area contributed by atoms with Crippen molar-refractivity contribution in [1.29, 1.82) is 0 Å². The van der Waals surface area contributed by atoms with E-state index < -0.39 is 32.0 Å². The average molecular weight is 530 g/mol. The number of hydrogen-bond acceptors (Lipinski definition) is 6. The topological polar surface area (TPSA) is 113 Å². The Balaban J connectivity index is 1.69. The summed E-state index contributed by atoms with van der Waals surface area (Å²) in [6.07, 6.45) is 0. The molecular weight excluding hydrogens is 502 g/mol. The van der Waals surface area contributed by atoms with Crippen LogP contribution in [-0.4, -0.2) is 63.6 Å². The molecule has 0 unspecified atom stereocenters. The zero-order valence-corrected chi connectivity index (χ0v) is 21.3. The minimum absolute atomic E-state index is 0.0249. The predicted octanol–water partition coefficient (Wildman–Crippen LogP) is 2.79. The SMILES string of the molecule is CCOc1ccccc1NC(=O)[C@@H]1CN(S(=O)(=O)c2ccccc2)CCN1S(=O)(=O)c1ccccc1. The molecular formula is C25H27N3O6S2. The van der Waals surface area contributed by atoms with E-state index in [-0.39, 0.29) is 29.4 Å². The summed E-state index contributed by atoms with van der Waals surface area (Å²) in [6, 6.07) is 21.1. The maximum Gasteiger partial charge on any atom is 0.244 e. The lowest BCUT2D eigenvalue weighted by Gasteiger charge is -2.39. The molecule has 1 fully saturated rings. The number of amides is 1. The van der Waals surface area contributed by atoms with Crippen LogP contribution in [-0.2, 0) is 24.8 Å². The van der Waals surface area contributed by atoms with E-state index in [9.17, 15) is 21.6 Å². The fourth-order valence-corrected chi connectivity index (χ4v) is 7.05. The zero-order valence-electron chi connectivity index (χ0n) is 19.6. The lowest BCUT2D eigenvalue weighted by Crippen LogP contribution is -2.60. The summed E-state index contributed by atoms with van der Waals surface area (Å²) >= 11 is 0. The maximum atomic E-state index is 13.5. The van der Waals surface area contributed by atoms with Crippen LogP contribution in [0.3, 0.4) is 0 Å². The van der Waals surface area contributed by atoms with Gasteiger partial charge in [0.15, 0.2) is 0 Å². The van der Waals surface area contributed by atoms with Crippen LogP contribution >= 0.6 is 0 Å². The lowest BCUT2D eigenvalue weighted by atomic mass is 10.2. The Labute approximate surface area is 211 Å². The number of carbonyl (C=O) groups excluding carboxylic acids is 1.